The number of hydrogen-bond acceptors (Lipinski definition) is 2. The van der Waals surface area contributed by atoms with Crippen molar-refractivity contribution in [2.45, 2.75) is 137 Å². The van der Waals surface area contributed by atoms with Crippen molar-refractivity contribution in [3.63, 3.8) is 0 Å². The SMILES string of the molecule is Cc1ccc(-c2ccccc2)cc1N1c2cc3c(cc2B2c4ccc(C(C)(C)C)cc4N(c4ccc(C(C)(C)C)cc4-c4ccccc4)c4cc(C(C)(C)C)cc1c42)C(C)(C)CCC3(C)C. The van der Waals surface area contributed by atoms with E-state index in [9.17, 15) is 0 Å². The fraction of sp³-hybridized carbons (Fsp3) is 0.333. The summed E-state index contributed by atoms with van der Waals surface area (Å²) in [4.78, 5) is 5.36. The van der Waals surface area contributed by atoms with Gasteiger partial charge in [-0.3, -0.25) is 0 Å². The van der Waals surface area contributed by atoms with Crippen molar-refractivity contribution in [2.75, 3.05) is 9.80 Å². The maximum absolute atomic E-state index is 2.69. The maximum atomic E-state index is 2.69. The van der Waals surface area contributed by atoms with Crippen LogP contribution >= 0.6 is 0 Å². The van der Waals surface area contributed by atoms with E-state index in [1.54, 1.807) is 0 Å². The topological polar surface area (TPSA) is 6.48 Å². The standard InChI is InChI=1S/C63H69BN2/c1-40-25-26-43(41-21-17-15-18-22-41)33-53(40)66-55-39-49-48(62(11,12)31-32-63(49,13)14)38-51(55)64-50-29-27-45(60(5,6)7)35-54(50)65(56-36-46(61(8,9)10)37-57(66)58(56)64)52-30-28-44(59(2,3)4)34-47(52)42-23-19-16-20-24-42/h15-30,33-39H,31-32H2,1-14H3. The van der Waals surface area contributed by atoms with Crippen LogP contribution in [-0.2, 0) is 27.1 Å². The number of hydrogen-bond donors (Lipinski definition) is 0. The Kier molecular flexibility index (Phi) is 10.1. The third-order valence-electron chi connectivity index (χ3n) is 15.5. The molecule has 0 saturated carbocycles. The first-order valence-corrected chi connectivity index (χ1v) is 24.5. The summed E-state index contributed by atoms with van der Waals surface area (Å²) in [5.74, 6) is 0. The molecule has 10 rings (SSSR count). The van der Waals surface area contributed by atoms with E-state index >= 15 is 0 Å². The van der Waals surface area contributed by atoms with Crippen molar-refractivity contribution in [2.24, 2.45) is 0 Å². The summed E-state index contributed by atoms with van der Waals surface area (Å²) in [6, 6.07) is 54.3. The Labute approximate surface area is 397 Å². The highest BCUT2D eigenvalue weighted by atomic mass is 15.2. The van der Waals surface area contributed by atoms with E-state index in [2.05, 4.69) is 246 Å². The van der Waals surface area contributed by atoms with E-state index in [4.69, 9.17) is 0 Å². The molecule has 0 amide bonds. The lowest BCUT2D eigenvalue weighted by molar-refractivity contribution is 0.332. The van der Waals surface area contributed by atoms with E-state index in [1.807, 2.05) is 0 Å². The minimum Gasteiger partial charge on any atom is -0.311 e. The minimum absolute atomic E-state index is 0.0183. The molecule has 7 aromatic carbocycles. The number of anilines is 6. The molecule has 0 unspecified atom stereocenters. The fourth-order valence-electron chi connectivity index (χ4n) is 11.2. The maximum Gasteiger partial charge on any atom is 0.252 e. The molecular weight excluding hydrogens is 796 g/mol. The minimum atomic E-state index is -0.132. The van der Waals surface area contributed by atoms with Gasteiger partial charge in [0.1, 0.15) is 0 Å². The molecule has 0 radical (unpaired) electrons. The first kappa shape index (κ1) is 44.1. The number of aryl methyl sites for hydroxylation is 1. The Hall–Kier alpha value is -5.80. The third kappa shape index (κ3) is 7.24. The van der Waals surface area contributed by atoms with Gasteiger partial charge < -0.3 is 9.80 Å². The van der Waals surface area contributed by atoms with Gasteiger partial charge in [0, 0.05) is 34.0 Å². The molecule has 0 spiro atoms. The Morgan fingerprint density at radius 2 is 0.909 bits per heavy atom. The second-order valence-electron chi connectivity index (χ2n) is 24.2. The van der Waals surface area contributed by atoms with Gasteiger partial charge in [-0.05, 0) is 156 Å². The number of benzene rings is 7. The average Bonchev–Trinajstić information content (AvgIpc) is 3.27. The molecule has 0 N–H and O–H groups in total. The van der Waals surface area contributed by atoms with Crippen LogP contribution < -0.4 is 26.2 Å². The van der Waals surface area contributed by atoms with Crippen molar-refractivity contribution in [1.29, 1.82) is 0 Å². The lowest BCUT2D eigenvalue weighted by Crippen LogP contribution is -2.62. The summed E-state index contributed by atoms with van der Waals surface area (Å²) in [5, 5.41) is 0. The van der Waals surface area contributed by atoms with Gasteiger partial charge in [-0.15, -0.1) is 0 Å². The first-order chi connectivity index (χ1) is 31.0. The molecule has 66 heavy (non-hydrogen) atoms. The van der Waals surface area contributed by atoms with Gasteiger partial charge >= 0.3 is 0 Å². The van der Waals surface area contributed by atoms with Crippen molar-refractivity contribution in [3.05, 3.63) is 173 Å². The lowest BCUT2D eigenvalue weighted by Gasteiger charge is -2.48. The molecule has 2 aliphatic heterocycles. The third-order valence-corrected chi connectivity index (χ3v) is 15.5. The van der Waals surface area contributed by atoms with Crippen LogP contribution in [0.2, 0.25) is 0 Å². The Morgan fingerprint density at radius 3 is 1.50 bits per heavy atom. The van der Waals surface area contributed by atoms with Crippen molar-refractivity contribution in [3.8, 4) is 22.3 Å². The average molecular weight is 865 g/mol. The predicted molar refractivity (Wildman–Crippen MR) is 287 cm³/mol. The van der Waals surface area contributed by atoms with E-state index in [0.717, 1.165) is 6.42 Å². The zero-order chi connectivity index (χ0) is 46.9. The van der Waals surface area contributed by atoms with Gasteiger partial charge in [0.05, 0.1) is 5.69 Å². The van der Waals surface area contributed by atoms with E-state index < -0.39 is 0 Å². The molecule has 2 heterocycles. The highest BCUT2D eigenvalue weighted by Crippen LogP contribution is 2.53. The largest absolute Gasteiger partial charge is 0.311 e. The first-order valence-electron chi connectivity index (χ1n) is 24.5. The molecule has 0 atom stereocenters. The highest BCUT2D eigenvalue weighted by Gasteiger charge is 2.47. The molecule has 0 fully saturated rings. The van der Waals surface area contributed by atoms with Gasteiger partial charge in [-0.2, -0.15) is 0 Å². The van der Waals surface area contributed by atoms with Crippen LogP contribution in [0, 0.1) is 6.92 Å². The molecule has 1 aliphatic carbocycles. The molecule has 0 aromatic heterocycles. The summed E-state index contributed by atoms with van der Waals surface area (Å²) in [5.41, 5.74) is 24.8. The van der Waals surface area contributed by atoms with Crippen molar-refractivity contribution in [1.82, 2.24) is 0 Å². The predicted octanol–water partition coefficient (Wildman–Crippen LogP) is 15.7. The second kappa shape index (κ2) is 15.1. The van der Waals surface area contributed by atoms with Crippen LogP contribution in [0.25, 0.3) is 22.3 Å². The van der Waals surface area contributed by atoms with Gasteiger partial charge in [0.2, 0.25) is 0 Å². The van der Waals surface area contributed by atoms with Crippen molar-refractivity contribution < 1.29 is 0 Å². The van der Waals surface area contributed by atoms with Crippen LogP contribution in [0.1, 0.15) is 136 Å². The lowest BCUT2D eigenvalue weighted by atomic mass is 9.33. The Morgan fingerprint density at radius 1 is 0.409 bits per heavy atom. The van der Waals surface area contributed by atoms with E-state index in [-0.39, 0.29) is 33.8 Å². The molecule has 0 saturated heterocycles. The Bertz CT molecular complexity index is 3040. The molecule has 334 valence electrons. The molecule has 3 heteroatoms. The number of nitrogens with zero attached hydrogens (tertiary/aromatic N) is 2. The summed E-state index contributed by atoms with van der Waals surface area (Å²) in [7, 11) is 0. The monoisotopic (exact) mass is 865 g/mol. The van der Waals surface area contributed by atoms with Crippen molar-refractivity contribution >= 4 is 57.2 Å². The molecule has 3 aliphatic rings. The highest BCUT2D eigenvalue weighted by molar-refractivity contribution is 7.00. The summed E-state index contributed by atoms with van der Waals surface area (Å²) >= 11 is 0. The van der Waals surface area contributed by atoms with E-state index in [0.29, 0.717) is 0 Å². The quantitative estimate of drug-likeness (QED) is 0.163. The number of fused-ring (bicyclic) bond motifs is 5. The smallest absolute Gasteiger partial charge is 0.252 e. The second-order valence-corrected chi connectivity index (χ2v) is 24.2. The van der Waals surface area contributed by atoms with Gasteiger partial charge in [0.15, 0.2) is 0 Å². The van der Waals surface area contributed by atoms with Crippen LogP contribution in [0.15, 0.2) is 140 Å². The molecular formula is C63H69BN2. The zero-order valence-electron chi connectivity index (χ0n) is 42.2. The zero-order valence-corrected chi connectivity index (χ0v) is 42.2. The van der Waals surface area contributed by atoms with E-state index in [1.165, 1.54) is 113 Å². The normalized spacial score (nSPS) is 16.1. The Balaban J connectivity index is 1.38. The summed E-state index contributed by atoms with van der Waals surface area (Å²) in [6.45, 7) is 33.5. The van der Waals surface area contributed by atoms with Gasteiger partial charge in [-0.1, -0.05) is 187 Å². The van der Waals surface area contributed by atoms with Crippen LogP contribution in [-0.4, -0.2) is 6.71 Å². The summed E-state index contributed by atoms with van der Waals surface area (Å²) in [6.07, 6.45) is 2.33. The van der Waals surface area contributed by atoms with Gasteiger partial charge in [-0.25, -0.2) is 0 Å². The van der Waals surface area contributed by atoms with Crippen LogP contribution in [0.3, 0.4) is 0 Å². The molecule has 0 bridgehead atoms. The molecule has 7 aromatic rings. The fourth-order valence-corrected chi connectivity index (χ4v) is 11.2. The van der Waals surface area contributed by atoms with Crippen LogP contribution in [0.5, 0.6) is 0 Å². The molecule has 2 nitrogen and oxygen atoms in total. The van der Waals surface area contributed by atoms with Crippen LogP contribution in [0.4, 0.5) is 34.1 Å². The summed E-state index contributed by atoms with van der Waals surface area (Å²) < 4.78 is 0. The number of rotatable bonds is 4. The van der Waals surface area contributed by atoms with Gasteiger partial charge in [0.25, 0.3) is 6.71 Å².